The molecule has 2 unspecified atom stereocenters. The summed E-state index contributed by atoms with van der Waals surface area (Å²) in [6, 6.07) is 0.359. The number of hydrogen-bond acceptors (Lipinski definition) is 2. The number of rotatable bonds is 4. The van der Waals surface area contributed by atoms with Crippen LogP contribution in [0.5, 0.6) is 0 Å². The summed E-state index contributed by atoms with van der Waals surface area (Å²) in [5, 5.41) is 0. The molecule has 1 saturated heterocycles. The van der Waals surface area contributed by atoms with E-state index >= 15 is 0 Å². The van der Waals surface area contributed by atoms with Gasteiger partial charge in [-0.05, 0) is 24.7 Å². The first-order valence-electron chi connectivity index (χ1n) is 6.46. The van der Waals surface area contributed by atoms with Gasteiger partial charge in [0.25, 0.3) is 0 Å². The van der Waals surface area contributed by atoms with Gasteiger partial charge in [0.15, 0.2) is 0 Å². The molecule has 0 bridgehead atoms. The lowest BCUT2D eigenvalue weighted by Crippen LogP contribution is -2.47. The molecule has 98 valence electrons. The summed E-state index contributed by atoms with van der Waals surface area (Å²) in [6.45, 7) is 9.20. The lowest BCUT2D eigenvalue weighted by atomic mass is 9.93. The van der Waals surface area contributed by atoms with E-state index in [1.165, 1.54) is 0 Å². The molecule has 0 aliphatic carbocycles. The Hall–Kier alpha value is -0.640. The summed E-state index contributed by atoms with van der Waals surface area (Å²) < 4.78 is 0. The SMILES string of the molecule is CC(C)C(C(=O)N1CCCC1C(C)C)C(N)=S. The zero-order valence-electron chi connectivity index (χ0n) is 11.3. The highest BCUT2D eigenvalue weighted by Crippen LogP contribution is 2.27. The Morgan fingerprint density at radius 2 is 1.94 bits per heavy atom. The van der Waals surface area contributed by atoms with Crippen molar-refractivity contribution < 1.29 is 4.79 Å². The highest BCUT2D eigenvalue weighted by molar-refractivity contribution is 7.80. The molecule has 1 aliphatic heterocycles. The van der Waals surface area contributed by atoms with Crippen LogP contribution in [0.3, 0.4) is 0 Å². The maximum absolute atomic E-state index is 12.5. The summed E-state index contributed by atoms with van der Waals surface area (Å²) in [4.78, 5) is 14.8. The van der Waals surface area contributed by atoms with Crippen molar-refractivity contribution in [2.24, 2.45) is 23.5 Å². The van der Waals surface area contributed by atoms with Crippen molar-refractivity contribution in [1.29, 1.82) is 0 Å². The average Bonchev–Trinajstić information content (AvgIpc) is 2.63. The van der Waals surface area contributed by atoms with Gasteiger partial charge in [-0.15, -0.1) is 0 Å². The van der Waals surface area contributed by atoms with Crippen molar-refractivity contribution in [1.82, 2.24) is 4.90 Å². The fourth-order valence-electron chi connectivity index (χ4n) is 2.67. The predicted octanol–water partition coefficient (Wildman–Crippen LogP) is 2.19. The van der Waals surface area contributed by atoms with E-state index < -0.39 is 0 Å². The van der Waals surface area contributed by atoms with Gasteiger partial charge >= 0.3 is 0 Å². The van der Waals surface area contributed by atoms with Crippen LogP contribution in [-0.2, 0) is 4.79 Å². The first-order chi connectivity index (χ1) is 7.86. The van der Waals surface area contributed by atoms with Crippen LogP contribution in [0.4, 0.5) is 0 Å². The molecular formula is C13H24N2OS. The molecule has 1 rings (SSSR count). The van der Waals surface area contributed by atoms with E-state index in [1.807, 2.05) is 18.7 Å². The number of likely N-dealkylation sites (tertiary alicyclic amines) is 1. The van der Waals surface area contributed by atoms with Gasteiger partial charge in [0.05, 0.1) is 10.9 Å². The molecule has 1 aliphatic rings. The largest absolute Gasteiger partial charge is 0.393 e. The Balaban J connectivity index is 2.83. The van der Waals surface area contributed by atoms with E-state index in [0.717, 1.165) is 19.4 Å². The molecule has 1 fully saturated rings. The molecule has 0 spiro atoms. The normalized spacial score (nSPS) is 22.2. The third kappa shape index (κ3) is 3.18. The minimum absolute atomic E-state index is 0.128. The van der Waals surface area contributed by atoms with Gasteiger partial charge in [-0.3, -0.25) is 4.79 Å². The van der Waals surface area contributed by atoms with E-state index in [1.54, 1.807) is 0 Å². The van der Waals surface area contributed by atoms with Crippen LogP contribution in [0, 0.1) is 17.8 Å². The highest BCUT2D eigenvalue weighted by atomic mass is 32.1. The van der Waals surface area contributed by atoms with Crippen LogP contribution in [0.2, 0.25) is 0 Å². The van der Waals surface area contributed by atoms with Gasteiger partial charge in [-0.25, -0.2) is 0 Å². The number of amides is 1. The predicted molar refractivity (Wildman–Crippen MR) is 74.7 cm³/mol. The Kier molecular flexibility index (Phi) is 4.92. The molecule has 0 aromatic rings. The molecule has 3 nitrogen and oxygen atoms in total. The number of nitrogens with zero attached hydrogens (tertiary/aromatic N) is 1. The van der Waals surface area contributed by atoms with Gasteiger partial charge in [-0.2, -0.15) is 0 Å². The Morgan fingerprint density at radius 1 is 1.35 bits per heavy atom. The maximum Gasteiger partial charge on any atom is 0.233 e. The molecule has 2 N–H and O–H groups in total. The van der Waals surface area contributed by atoms with Crippen molar-refractivity contribution in [3.63, 3.8) is 0 Å². The minimum Gasteiger partial charge on any atom is -0.393 e. The number of carbonyl (C=O) groups is 1. The second kappa shape index (κ2) is 5.80. The number of thiocarbonyl (C=S) groups is 1. The minimum atomic E-state index is -0.302. The topological polar surface area (TPSA) is 46.3 Å². The van der Waals surface area contributed by atoms with E-state index in [0.29, 0.717) is 16.9 Å². The number of nitrogens with two attached hydrogens (primary N) is 1. The Bertz CT molecular complexity index is 302. The van der Waals surface area contributed by atoms with Gasteiger partial charge in [0.1, 0.15) is 0 Å². The van der Waals surface area contributed by atoms with Gasteiger partial charge in [0.2, 0.25) is 5.91 Å². The molecule has 1 heterocycles. The Morgan fingerprint density at radius 3 is 2.35 bits per heavy atom. The fraction of sp³-hybridized carbons (Fsp3) is 0.846. The molecule has 4 heteroatoms. The molecule has 1 amide bonds. The number of carbonyl (C=O) groups excluding carboxylic acids is 1. The van der Waals surface area contributed by atoms with Crippen LogP contribution in [0.25, 0.3) is 0 Å². The van der Waals surface area contributed by atoms with Crippen molar-refractivity contribution >= 4 is 23.1 Å². The van der Waals surface area contributed by atoms with E-state index in [9.17, 15) is 4.79 Å². The van der Waals surface area contributed by atoms with Crippen molar-refractivity contribution in [3.8, 4) is 0 Å². The molecule has 0 saturated carbocycles. The molecule has 0 aromatic carbocycles. The van der Waals surface area contributed by atoms with Gasteiger partial charge in [0, 0.05) is 12.6 Å². The van der Waals surface area contributed by atoms with Crippen LogP contribution < -0.4 is 5.73 Å². The second-order valence-electron chi connectivity index (χ2n) is 5.61. The third-order valence-electron chi connectivity index (χ3n) is 3.59. The molecule has 17 heavy (non-hydrogen) atoms. The number of hydrogen-bond donors (Lipinski definition) is 1. The van der Waals surface area contributed by atoms with Gasteiger partial charge in [-0.1, -0.05) is 39.9 Å². The maximum atomic E-state index is 12.5. The molecule has 2 atom stereocenters. The van der Waals surface area contributed by atoms with Crippen LogP contribution in [0.15, 0.2) is 0 Å². The third-order valence-corrected chi connectivity index (χ3v) is 3.85. The van der Waals surface area contributed by atoms with Crippen molar-refractivity contribution in [3.05, 3.63) is 0 Å². The summed E-state index contributed by atoms with van der Waals surface area (Å²) in [5.41, 5.74) is 5.71. The summed E-state index contributed by atoms with van der Waals surface area (Å²) in [7, 11) is 0. The van der Waals surface area contributed by atoms with Crippen LogP contribution >= 0.6 is 12.2 Å². The van der Waals surface area contributed by atoms with E-state index in [4.69, 9.17) is 18.0 Å². The lowest BCUT2D eigenvalue weighted by Gasteiger charge is -2.32. The quantitative estimate of drug-likeness (QED) is 0.784. The second-order valence-corrected chi connectivity index (χ2v) is 6.08. The summed E-state index contributed by atoms with van der Waals surface area (Å²) in [6.07, 6.45) is 2.20. The average molecular weight is 256 g/mol. The van der Waals surface area contributed by atoms with E-state index in [-0.39, 0.29) is 17.7 Å². The molecular weight excluding hydrogens is 232 g/mol. The zero-order chi connectivity index (χ0) is 13.2. The monoisotopic (exact) mass is 256 g/mol. The van der Waals surface area contributed by atoms with Crippen molar-refractivity contribution in [2.45, 2.75) is 46.6 Å². The summed E-state index contributed by atoms with van der Waals surface area (Å²) >= 11 is 5.04. The lowest BCUT2D eigenvalue weighted by molar-refractivity contribution is -0.136. The first-order valence-corrected chi connectivity index (χ1v) is 6.86. The highest BCUT2D eigenvalue weighted by Gasteiger charge is 2.36. The van der Waals surface area contributed by atoms with E-state index in [2.05, 4.69) is 13.8 Å². The molecule has 0 aromatic heterocycles. The fourth-order valence-corrected chi connectivity index (χ4v) is 3.05. The standard InChI is InChI=1S/C13H24N2OS/c1-8(2)10-6-5-7-15(10)13(16)11(9(3)4)12(14)17/h8-11H,5-7H2,1-4H3,(H2,14,17). The first kappa shape index (κ1) is 14.4. The molecule has 0 radical (unpaired) electrons. The van der Waals surface area contributed by atoms with Gasteiger partial charge < -0.3 is 10.6 Å². The zero-order valence-corrected chi connectivity index (χ0v) is 12.1. The smallest absolute Gasteiger partial charge is 0.233 e. The van der Waals surface area contributed by atoms with Crippen LogP contribution in [0.1, 0.15) is 40.5 Å². The van der Waals surface area contributed by atoms with Crippen molar-refractivity contribution in [2.75, 3.05) is 6.54 Å². The summed E-state index contributed by atoms with van der Waals surface area (Å²) in [5.74, 6) is 0.502. The Labute approximate surface area is 110 Å². The van der Waals surface area contributed by atoms with Crippen LogP contribution in [-0.4, -0.2) is 28.4 Å².